The van der Waals surface area contributed by atoms with E-state index in [1.807, 2.05) is 30.6 Å². The highest BCUT2D eigenvalue weighted by atomic mass is 16.5. The van der Waals surface area contributed by atoms with E-state index < -0.39 is 0 Å². The Morgan fingerprint density at radius 3 is 2.72 bits per heavy atom. The van der Waals surface area contributed by atoms with Gasteiger partial charge in [0, 0.05) is 36.8 Å². The zero-order valence-electron chi connectivity index (χ0n) is 20.0. The summed E-state index contributed by atoms with van der Waals surface area (Å²) in [6.45, 7) is 3.42. The zero-order valence-corrected chi connectivity index (χ0v) is 20.0. The molecule has 0 unspecified atom stereocenters. The van der Waals surface area contributed by atoms with Crippen molar-refractivity contribution in [1.29, 1.82) is 0 Å². The van der Waals surface area contributed by atoms with Gasteiger partial charge in [-0.2, -0.15) is 0 Å². The van der Waals surface area contributed by atoms with Gasteiger partial charge in [-0.25, -0.2) is 9.97 Å². The SMILES string of the molecule is COc1cccc2c(C(=O)NCc3cccc(Cc4cncc(N5CCOCC5)c4)n3)nc(N)nc12. The number of nitrogens with two attached hydrogens (primary N) is 1. The molecule has 1 aliphatic rings. The molecule has 1 saturated heterocycles. The molecule has 4 aromatic rings. The minimum Gasteiger partial charge on any atom is -0.494 e. The van der Waals surface area contributed by atoms with Crippen LogP contribution in [0.15, 0.2) is 54.9 Å². The number of carbonyl (C=O) groups excluding carboxylic acids is 1. The van der Waals surface area contributed by atoms with Gasteiger partial charge in [-0.3, -0.25) is 14.8 Å². The maximum atomic E-state index is 13.0. The summed E-state index contributed by atoms with van der Waals surface area (Å²) in [5.74, 6) is 0.166. The summed E-state index contributed by atoms with van der Waals surface area (Å²) in [5.41, 5.74) is 10.3. The van der Waals surface area contributed by atoms with Gasteiger partial charge in [0.15, 0.2) is 0 Å². The molecule has 0 atom stereocenters. The molecule has 1 fully saturated rings. The van der Waals surface area contributed by atoms with E-state index in [4.69, 9.17) is 20.2 Å². The van der Waals surface area contributed by atoms with Crippen molar-refractivity contribution in [1.82, 2.24) is 25.3 Å². The number of nitrogens with one attached hydrogen (secondary N) is 1. The number of carbonyl (C=O) groups is 1. The number of nitrogens with zero attached hydrogens (tertiary/aromatic N) is 5. The first kappa shape index (κ1) is 23.4. The van der Waals surface area contributed by atoms with Crippen LogP contribution in [0.3, 0.4) is 0 Å². The maximum absolute atomic E-state index is 13.0. The Balaban J connectivity index is 1.28. The van der Waals surface area contributed by atoms with Gasteiger partial charge in [-0.15, -0.1) is 0 Å². The first-order valence-corrected chi connectivity index (χ1v) is 11.7. The van der Waals surface area contributed by atoms with E-state index in [1.54, 1.807) is 25.3 Å². The number of anilines is 2. The van der Waals surface area contributed by atoms with E-state index in [2.05, 4.69) is 31.2 Å². The third-order valence-electron chi connectivity index (χ3n) is 5.98. The number of aromatic nitrogens is 4. The number of amides is 1. The van der Waals surface area contributed by atoms with Gasteiger partial charge in [0.1, 0.15) is 17.0 Å². The molecule has 3 N–H and O–H groups in total. The summed E-state index contributed by atoms with van der Waals surface area (Å²) < 4.78 is 10.8. The molecule has 5 rings (SSSR count). The lowest BCUT2D eigenvalue weighted by atomic mass is 10.1. The van der Waals surface area contributed by atoms with Gasteiger partial charge >= 0.3 is 0 Å². The van der Waals surface area contributed by atoms with Crippen molar-refractivity contribution in [2.75, 3.05) is 44.0 Å². The van der Waals surface area contributed by atoms with Crippen LogP contribution in [0.5, 0.6) is 5.75 Å². The molecule has 0 radical (unpaired) electrons. The Bertz CT molecular complexity index is 1390. The first-order valence-electron chi connectivity index (χ1n) is 11.7. The number of ether oxygens (including phenoxy) is 2. The number of morpholine rings is 1. The van der Waals surface area contributed by atoms with E-state index in [0.29, 0.717) is 23.1 Å². The molecule has 1 aromatic carbocycles. The Kier molecular flexibility index (Phi) is 6.85. The maximum Gasteiger partial charge on any atom is 0.271 e. The second-order valence-corrected chi connectivity index (χ2v) is 8.42. The van der Waals surface area contributed by atoms with E-state index in [9.17, 15) is 4.79 Å². The average molecular weight is 486 g/mol. The molecule has 184 valence electrons. The summed E-state index contributed by atoms with van der Waals surface area (Å²) in [4.78, 5) is 32.8. The Hall–Kier alpha value is -4.31. The van der Waals surface area contributed by atoms with Crippen LogP contribution >= 0.6 is 0 Å². The topological polar surface area (TPSA) is 128 Å². The number of rotatable bonds is 7. The number of nitrogen functional groups attached to an aromatic ring is 1. The van der Waals surface area contributed by atoms with Crippen molar-refractivity contribution < 1.29 is 14.3 Å². The largest absolute Gasteiger partial charge is 0.494 e. The van der Waals surface area contributed by atoms with Crippen LogP contribution in [0.25, 0.3) is 10.9 Å². The third-order valence-corrected chi connectivity index (χ3v) is 5.98. The molecule has 0 bridgehead atoms. The molecule has 3 aromatic heterocycles. The first-order chi connectivity index (χ1) is 17.6. The lowest BCUT2D eigenvalue weighted by Gasteiger charge is -2.28. The van der Waals surface area contributed by atoms with Crippen LogP contribution in [0.4, 0.5) is 11.6 Å². The second-order valence-electron chi connectivity index (χ2n) is 8.42. The molecular weight excluding hydrogens is 458 g/mol. The van der Waals surface area contributed by atoms with Gasteiger partial charge in [-0.05, 0) is 29.8 Å². The van der Waals surface area contributed by atoms with E-state index in [-0.39, 0.29) is 24.1 Å². The number of para-hydroxylation sites is 1. The average Bonchev–Trinajstić information content (AvgIpc) is 2.92. The number of pyridine rings is 2. The van der Waals surface area contributed by atoms with Crippen LogP contribution in [-0.2, 0) is 17.7 Å². The minimum absolute atomic E-state index is 0.00481. The van der Waals surface area contributed by atoms with E-state index in [1.165, 1.54) is 0 Å². The van der Waals surface area contributed by atoms with Crippen molar-refractivity contribution in [3.63, 3.8) is 0 Å². The fourth-order valence-corrected chi connectivity index (χ4v) is 4.24. The van der Waals surface area contributed by atoms with E-state index in [0.717, 1.165) is 48.9 Å². The van der Waals surface area contributed by atoms with E-state index >= 15 is 0 Å². The summed E-state index contributed by atoms with van der Waals surface area (Å²) >= 11 is 0. The fraction of sp³-hybridized carbons (Fsp3) is 0.269. The van der Waals surface area contributed by atoms with Crippen molar-refractivity contribution >= 4 is 28.4 Å². The molecule has 0 saturated carbocycles. The molecule has 1 amide bonds. The Morgan fingerprint density at radius 2 is 1.89 bits per heavy atom. The quantitative estimate of drug-likeness (QED) is 0.405. The highest BCUT2D eigenvalue weighted by molar-refractivity contribution is 6.05. The molecule has 36 heavy (non-hydrogen) atoms. The molecule has 0 aliphatic carbocycles. The van der Waals surface area contributed by atoms with Crippen LogP contribution < -0.4 is 20.7 Å². The Labute approximate surface area is 208 Å². The smallest absolute Gasteiger partial charge is 0.271 e. The van der Waals surface area contributed by atoms with Crippen molar-refractivity contribution in [2.24, 2.45) is 0 Å². The monoisotopic (exact) mass is 485 g/mol. The second kappa shape index (κ2) is 10.5. The Morgan fingerprint density at radius 1 is 1.08 bits per heavy atom. The number of fused-ring (bicyclic) bond motifs is 1. The highest BCUT2D eigenvalue weighted by Gasteiger charge is 2.17. The molecule has 4 heterocycles. The summed E-state index contributed by atoms with van der Waals surface area (Å²) in [6, 6.07) is 13.2. The van der Waals surface area contributed by atoms with Gasteiger partial charge < -0.3 is 25.4 Å². The van der Waals surface area contributed by atoms with Crippen molar-refractivity contribution in [2.45, 2.75) is 13.0 Å². The molecule has 10 heteroatoms. The van der Waals surface area contributed by atoms with Gasteiger partial charge in [0.05, 0.1) is 44.4 Å². The number of benzene rings is 1. The zero-order chi connectivity index (χ0) is 24.9. The molecular formula is C26H27N7O3. The number of hydrogen-bond donors (Lipinski definition) is 2. The van der Waals surface area contributed by atoms with Crippen LogP contribution in [0.2, 0.25) is 0 Å². The number of hydrogen-bond acceptors (Lipinski definition) is 9. The van der Waals surface area contributed by atoms with Crippen LogP contribution in [0.1, 0.15) is 27.4 Å². The van der Waals surface area contributed by atoms with Crippen LogP contribution in [0, 0.1) is 0 Å². The molecule has 0 spiro atoms. The van der Waals surface area contributed by atoms with Gasteiger partial charge in [-0.1, -0.05) is 18.2 Å². The summed E-state index contributed by atoms with van der Waals surface area (Å²) in [6.07, 6.45) is 4.38. The lowest BCUT2D eigenvalue weighted by molar-refractivity contribution is 0.0947. The minimum atomic E-state index is -0.364. The summed E-state index contributed by atoms with van der Waals surface area (Å²) in [7, 11) is 1.54. The van der Waals surface area contributed by atoms with Gasteiger partial charge in [0.2, 0.25) is 5.95 Å². The lowest BCUT2D eigenvalue weighted by Crippen LogP contribution is -2.36. The van der Waals surface area contributed by atoms with Crippen molar-refractivity contribution in [3.05, 3.63) is 77.5 Å². The standard InChI is InChI=1S/C26H27N7O3/c1-35-22-7-3-6-21-23(22)31-26(27)32-24(21)25(34)29-15-19-5-2-4-18(30-19)12-17-13-20(16-28-14-17)33-8-10-36-11-9-33/h2-7,13-14,16H,8-12,15H2,1H3,(H,29,34)(H2,27,31,32). The normalized spacial score (nSPS) is 13.5. The highest BCUT2D eigenvalue weighted by Crippen LogP contribution is 2.26. The predicted octanol–water partition coefficient (Wildman–Crippen LogP) is 2.37. The molecule has 10 nitrogen and oxygen atoms in total. The molecule has 1 aliphatic heterocycles. The van der Waals surface area contributed by atoms with Crippen LogP contribution in [-0.4, -0.2) is 59.3 Å². The fourth-order valence-electron chi connectivity index (χ4n) is 4.24. The van der Waals surface area contributed by atoms with Gasteiger partial charge in [0.25, 0.3) is 5.91 Å². The van der Waals surface area contributed by atoms with Crippen molar-refractivity contribution in [3.8, 4) is 5.75 Å². The summed E-state index contributed by atoms with van der Waals surface area (Å²) in [5, 5.41) is 3.46. The number of methoxy groups -OCH3 is 1. The predicted molar refractivity (Wildman–Crippen MR) is 136 cm³/mol. The third kappa shape index (κ3) is 5.18.